The Hall–Kier alpha value is -2.48. The third-order valence-electron chi connectivity index (χ3n) is 4.77. The van der Waals surface area contributed by atoms with E-state index in [1.54, 1.807) is 17.9 Å². The number of rotatable bonds is 5. The zero-order valence-electron chi connectivity index (χ0n) is 14.8. The largest absolute Gasteiger partial charge is 0.472 e. The number of hydrogen-bond acceptors (Lipinski definition) is 6. The van der Waals surface area contributed by atoms with Crippen molar-refractivity contribution in [2.75, 3.05) is 32.7 Å². The molecule has 1 fully saturated rings. The summed E-state index contributed by atoms with van der Waals surface area (Å²) in [4.78, 5) is 21.2. The highest BCUT2D eigenvalue weighted by molar-refractivity contribution is 7.13. The Morgan fingerprint density at radius 3 is 2.67 bits per heavy atom. The van der Waals surface area contributed by atoms with E-state index in [-0.39, 0.29) is 5.91 Å². The lowest BCUT2D eigenvalue weighted by Crippen LogP contribution is -2.49. The van der Waals surface area contributed by atoms with Crippen molar-refractivity contribution < 1.29 is 14.3 Å². The third-order valence-corrected chi connectivity index (χ3v) is 5.66. The fraction of sp³-hybridized carbons (Fsp3) is 0.300. The number of carbonyl (C=O) groups is 1. The van der Waals surface area contributed by atoms with Gasteiger partial charge in [0.1, 0.15) is 17.0 Å². The standard InChI is InChI=1S/C20H21N3O3S/c24-18(15-4-2-1-3-5-15)12-22-7-9-23(10-8-22)20(25)17-14-27-19(21-17)16-6-11-26-13-16/h1-6,11,13-14,18,24H,7-10,12H2/t18-/m0/s1. The summed E-state index contributed by atoms with van der Waals surface area (Å²) in [5.74, 6) is -0.0377. The molecule has 1 aliphatic rings. The molecule has 3 heterocycles. The number of hydrogen-bond donors (Lipinski definition) is 1. The molecule has 1 atom stereocenters. The minimum Gasteiger partial charge on any atom is -0.472 e. The van der Waals surface area contributed by atoms with Crippen molar-refractivity contribution in [2.24, 2.45) is 0 Å². The van der Waals surface area contributed by atoms with Gasteiger partial charge in [-0.05, 0) is 11.6 Å². The van der Waals surface area contributed by atoms with E-state index in [1.807, 2.05) is 41.3 Å². The molecule has 0 bridgehead atoms. The van der Waals surface area contributed by atoms with E-state index in [0.717, 1.165) is 29.2 Å². The summed E-state index contributed by atoms with van der Waals surface area (Å²) in [5.41, 5.74) is 2.29. The van der Waals surface area contributed by atoms with Gasteiger partial charge >= 0.3 is 0 Å². The van der Waals surface area contributed by atoms with Crippen LogP contribution in [0.2, 0.25) is 0 Å². The maximum absolute atomic E-state index is 12.7. The van der Waals surface area contributed by atoms with Crippen molar-refractivity contribution >= 4 is 17.2 Å². The molecular formula is C20H21N3O3S. The summed E-state index contributed by atoms with van der Waals surface area (Å²) in [6, 6.07) is 11.5. The number of aliphatic hydroxyl groups is 1. The average Bonchev–Trinajstić information content (AvgIpc) is 3.40. The topological polar surface area (TPSA) is 69.8 Å². The number of furan rings is 1. The second-order valence-corrected chi connectivity index (χ2v) is 7.43. The van der Waals surface area contributed by atoms with Crippen LogP contribution in [0.3, 0.4) is 0 Å². The predicted octanol–water partition coefficient (Wildman–Crippen LogP) is 2.89. The summed E-state index contributed by atoms with van der Waals surface area (Å²) in [6.07, 6.45) is 2.72. The molecule has 1 saturated heterocycles. The summed E-state index contributed by atoms with van der Waals surface area (Å²) in [7, 11) is 0. The molecule has 7 heteroatoms. The van der Waals surface area contributed by atoms with Crippen LogP contribution < -0.4 is 0 Å². The van der Waals surface area contributed by atoms with E-state index in [9.17, 15) is 9.90 Å². The van der Waals surface area contributed by atoms with E-state index in [0.29, 0.717) is 25.3 Å². The summed E-state index contributed by atoms with van der Waals surface area (Å²) < 4.78 is 5.08. The maximum atomic E-state index is 12.7. The Morgan fingerprint density at radius 2 is 1.96 bits per heavy atom. The highest BCUT2D eigenvalue weighted by Crippen LogP contribution is 2.25. The van der Waals surface area contributed by atoms with Gasteiger partial charge in [-0.1, -0.05) is 30.3 Å². The molecule has 140 valence electrons. The smallest absolute Gasteiger partial charge is 0.273 e. The van der Waals surface area contributed by atoms with Gasteiger partial charge in [-0.3, -0.25) is 9.69 Å². The van der Waals surface area contributed by atoms with E-state index >= 15 is 0 Å². The van der Waals surface area contributed by atoms with Gasteiger partial charge in [-0.25, -0.2) is 4.98 Å². The van der Waals surface area contributed by atoms with Crippen LogP contribution in [0.4, 0.5) is 0 Å². The molecule has 1 aromatic carbocycles. The molecule has 1 N–H and O–H groups in total. The molecule has 4 rings (SSSR count). The monoisotopic (exact) mass is 383 g/mol. The van der Waals surface area contributed by atoms with Gasteiger partial charge in [0.15, 0.2) is 0 Å². The number of carbonyl (C=O) groups excluding carboxylic acids is 1. The molecule has 27 heavy (non-hydrogen) atoms. The van der Waals surface area contributed by atoms with Crippen molar-refractivity contribution in [1.82, 2.24) is 14.8 Å². The van der Waals surface area contributed by atoms with Crippen LogP contribution in [0, 0.1) is 0 Å². The molecule has 0 unspecified atom stereocenters. The first-order valence-corrected chi connectivity index (χ1v) is 9.81. The number of benzene rings is 1. The first kappa shape index (κ1) is 17.9. The normalized spacial score (nSPS) is 16.4. The number of thiazole rings is 1. The highest BCUT2D eigenvalue weighted by atomic mass is 32.1. The number of amides is 1. The maximum Gasteiger partial charge on any atom is 0.273 e. The Kier molecular flexibility index (Phi) is 5.33. The quantitative estimate of drug-likeness (QED) is 0.734. The second kappa shape index (κ2) is 8.04. The molecular weight excluding hydrogens is 362 g/mol. The van der Waals surface area contributed by atoms with Crippen LogP contribution in [0.5, 0.6) is 0 Å². The fourth-order valence-electron chi connectivity index (χ4n) is 3.21. The molecule has 1 amide bonds. The fourth-order valence-corrected chi connectivity index (χ4v) is 3.99. The van der Waals surface area contributed by atoms with Crippen LogP contribution in [0.15, 0.2) is 58.7 Å². The van der Waals surface area contributed by atoms with Crippen molar-refractivity contribution in [2.45, 2.75) is 6.10 Å². The van der Waals surface area contributed by atoms with E-state index in [1.165, 1.54) is 11.3 Å². The molecule has 0 saturated carbocycles. The lowest BCUT2D eigenvalue weighted by atomic mass is 10.1. The first-order chi connectivity index (χ1) is 13.2. The van der Waals surface area contributed by atoms with Crippen molar-refractivity contribution in [3.05, 3.63) is 65.6 Å². The number of aromatic nitrogens is 1. The lowest BCUT2D eigenvalue weighted by Gasteiger charge is -2.35. The highest BCUT2D eigenvalue weighted by Gasteiger charge is 2.25. The minimum absolute atomic E-state index is 0.0377. The number of aliphatic hydroxyl groups excluding tert-OH is 1. The van der Waals surface area contributed by atoms with E-state index < -0.39 is 6.10 Å². The number of β-amino-alcohol motifs (C(OH)–C–C–N with tert-alkyl or cyclic N) is 1. The minimum atomic E-state index is -0.510. The SMILES string of the molecule is O=C(c1csc(-c2ccoc2)n1)N1CCN(C[C@H](O)c2ccccc2)CC1. The Balaban J connectivity index is 1.32. The van der Waals surface area contributed by atoms with Gasteiger partial charge in [0.25, 0.3) is 5.91 Å². The van der Waals surface area contributed by atoms with Crippen molar-refractivity contribution in [1.29, 1.82) is 0 Å². The molecule has 0 aliphatic carbocycles. The van der Waals surface area contributed by atoms with E-state index in [2.05, 4.69) is 9.88 Å². The van der Waals surface area contributed by atoms with Gasteiger partial charge in [-0.15, -0.1) is 11.3 Å². The van der Waals surface area contributed by atoms with Gasteiger partial charge in [0, 0.05) is 43.7 Å². The Bertz CT molecular complexity index is 871. The average molecular weight is 383 g/mol. The van der Waals surface area contributed by atoms with Crippen LogP contribution in [-0.4, -0.2) is 58.5 Å². The summed E-state index contributed by atoms with van der Waals surface area (Å²) in [5, 5.41) is 13.0. The van der Waals surface area contributed by atoms with Crippen LogP contribution in [0.1, 0.15) is 22.2 Å². The molecule has 1 aliphatic heterocycles. The van der Waals surface area contributed by atoms with Gasteiger partial charge in [0.2, 0.25) is 0 Å². The zero-order valence-corrected chi connectivity index (χ0v) is 15.6. The van der Waals surface area contributed by atoms with Gasteiger partial charge < -0.3 is 14.4 Å². The molecule has 3 aromatic rings. The second-order valence-electron chi connectivity index (χ2n) is 6.57. The Labute approximate surface area is 161 Å². The number of nitrogens with zero attached hydrogens (tertiary/aromatic N) is 3. The van der Waals surface area contributed by atoms with E-state index in [4.69, 9.17) is 4.42 Å². The Morgan fingerprint density at radius 1 is 1.19 bits per heavy atom. The van der Waals surface area contributed by atoms with Gasteiger partial charge in [0.05, 0.1) is 12.4 Å². The molecule has 6 nitrogen and oxygen atoms in total. The summed E-state index contributed by atoms with van der Waals surface area (Å²) >= 11 is 1.44. The molecule has 0 radical (unpaired) electrons. The number of piperazine rings is 1. The zero-order chi connectivity index (χ0) is 18.6. The lowest BCUT2D eigenvalue weighted by molar-refractivity contribution is 0.0523. The molecule has 2 aromatic heterocycles. The first-order valence-electron chi connectivity index (χ1n) is 8.93. The third kappa shape index (κ3) is 4.10. The van der Waals surface area contributed by atoms with Crippen molar-refractivity contribution in [3.8, 4) is 10.6 Å². The van der Waals surface area contributed by atoms with Crippen molar-refractivity contribution in [3.63, 3.8) is 0 Å². The van der Waals surface area contributed by atoms with Crippen LogP contribution in [0.25, 0.3) is 10.6 Å². The van der Waals surface area contributed by atoms with Crippen LogP contribution >= 0.6 is 11.3 Å². The van der Waals surface area contributed by atoms with Gasteiger partial charge in [-0.2, -0.15) is 0 Å². The summed E-state index contributed by atoms with van der Waals surface area (Å²) in [6.45, 7) is 3.34. The predicted molar refractivity (Wildman–Crippen MR) is 104 cm³/mol. The van der Waals surface area contributed by atoms with Crippen LogP contribution in [-0.2, 0) is 0 Å². The molecule has 0 spiro atoms.